The lowest BCUT2D eigenvalue weighted by Gasteiger charge is -2.28. The van der Waals surface area contributed by atoms with Crippen LogP contribution < -0.4 is 70.8 Å². The third kappa shape index (κ3) is 26.8. The number of nitrogens with two attached hydrogens (primary N) is 4. The Morgan fingerprint density at radius 1 is 0.385 bits per heavy atom. The first-order chi connectivity index (χ1) is 36.1. The van der Waals surface area contributed by atoms with E-state index in [1.165, 1.54) is 13.8 Å². The molecule has 0 aliphatic carbocycles. The fourth-order valence-corrected chi connectivity index (χ4v) is 6.86. The van der Waals surface area contributed by atoms with Gasteiger partial charge < -0.3 is 96.3 Å². The Labute approximate surface area is 454 Å². The highest BCUT2D eigenvalue weighted by molar-refractivity contribution is 7.80. The van der Waals surface area contributed by atoms with Gasteiger partial charge in [0.15, 0.2) is 0 Å². The number of carbonyl (C=O) groups excluding carboxylic acids is 12. The van der Waals surface area contributed by atoms with Crippen LogP contribution in [0.5, 0.6) is 0 Å². The average Bonchev–Trinajstić information content (AvgIpc) is 3.32. The van der Waals surface area contributed by atoms with Gasteiger partial charge in [-0.3, -0.25) is 71.9 Å². The van der Waals surface area contributed by atoms with Crippen LogP contribution in [0.15, 0.2) is 0 Å². The third-order valence-corrected chi connectivity index (χ3v) is 11.4. The minimum absolute atomic E-state index is 0.126. The molecule has 0 aliphatic heterocycles. The standard InChI is InChI=1S/C42H67N13O21S2/c1-15(2)31(54-33(66)17(43)13-77)40(73)52-22(11-27(46)59)37(70)50-21(10-26(45)58)36(69)51-23(12-30(64)65)38(71)47-19(6-9-29(62)63)35(68)55-32(16(3)56)41(74)53-24(14-78)39(72)48-18(5-8-28(60)61)34(67)49-20(42(75)76)4-7-25(44)57/h15-24,31-32,56,77-78H,4-14,43H2,1-3H3,(H2,44,57)(H2,45,58)(H2,46,59)(H,47,71)(H,48,72)(H,49,67)(H,50,70)(H,51,69)(H,52,73)(H,53,74)(H,54,66)(H,55,68)(H,60,61)(H,62,63)(H,64,65)(H,75,76)/t16-,17+,18+,19+,20+,21+,22+,23+,24+,31+,32+/m1/s1. The van der Waals surface area contributed by atoms with Crippen LogP contribution in [0.25, 0.3) is 0 Å². The number of rotatable bonds is 38. The van der Waals surface area contributed by atoms with Gasteiger partial charge in [0.1, 0.15) is 54.4 Å². The quantitative estimate of drug-likeness (QED) is 0.0255. The van der Waals surface area contributed by atoms with E-state index in [1.807, 2.05) is 26.6 Å². The van der Waals surface area contributed by atoms with Crippen LogP contribution in [0.1, 0.15) is 78.6 Å². The predicted octanol–water partition coefficient (Wildman–Crippen LogP) is -9.12. The number of amides is 12. The van der Waals surface area contributed by atoms with Gasteiger partial charge in [0.2, 0.25) is 70.9 Å². The van der Waals surface area contributed by atoms with Crippen molar-refractivity contribution in [1.29, 1.82) is 0 Å². The Bertz CT molecular complexity index is 2260. The first-order valence-electron chi connectivity index (χ1n) is 23.3. The summed E-state index contributed by atoms with van der Waals surface area (Å²) >= 11 is 7.91. The van der Waals surface area contributed by atoms with Crippen molar-refractivity contribution in [2.24, 2.45) is 28.9 Å². The van der Waals surface area contributed by atoms with Crippen molar-refractivity contribution in [3.05, 3.63) is 0 Å². The van der Waals surface area contributed by atoms with Crippen LogP contribution >= 0.6 is 25.3 Å². The normalized spacial score (nSPS) is 15.1. The monoisotopic (exact) mass is 1150 g/mol. The van der Waals surface area contributed by atoms with Crippen LogP contribution in [-0.4, -0.2) is 198 Å². The molecule has 0 saturated heterocycles. The lowest BCUT2D eigenvalue weighted by molar-refractivity contribution is -0.143. The van der Waals surface area contributed by atoms with Crippen LogP contribution in [-0.2, 0) is 76.7 Å². The summed E-state index contributed by atoms with van der Waals surface area (Å²) in [6, 6.07) is -18.3. The summed E-state index contributed by atoms with van der Waals surface area (Å²) in [5.74, 6) is -22.8. The molecule has 0 heterocycles. The molecule has 0 aliphatic rings. The zero-order valence-electron chi connectivity index (χ0n) is 42.2. The Balaban J connectivity index is 6.68. The zero-order valence-corrected chi connectivity index (χ0v) is 44.0. The summed E-state index contributed by atoms with van der Waals surface area (Å²) in [5, 5.41) is 67.2. The number of thiol groups is 2. The second-order valence-corrected chi connectivity index (χ2v) is 18.2. The minimum Gasteiger partial charge on any atom is -0.481 e. The Morgan fingerprint density at radius 2 is 0.718 bits per heavy atom. The third-order valence-electron chi connectivity index (χ3n) is 10.6. The van der Waals surface area contributed by atoms with Gasteiger partial charge >= 0.3 is 23.9 Å². The number of carboxylic acids is 4. The largest absolute Gasteiger partial charge is 0.481 e. The van der Waals surface area contributed by atoms with E-state index in [0.29, 0.717) is 0 Å². The lowest BCUT2D eigenvalue weighted by atomic mass is 10.0. The molecule has 0 rings (SSSR count). The Hall–Kier alpha value is -7.86. The summed E-state index contributed by atoms with van der Waals surface area (Å²) in [6.07, 6.45) is -9.38. The average molecular weight is 1150 g/mol. The van der Waals surface area contributed by atoms with E-state index in [2.05, 4.69) is 46.5 Å². The van der Waals surface area contributed by atoms with Crippen molar-refractivity contribution < 1.29 is 102 Å². The SMILES string of the molecule is CC(C)[C@H](NC(=O)[C@@H](N)CS)C(=O)N[C@@H](CC(N)=O)C(=O)N[C@@H](CC(N)=O)C(=O)N[C@@H](CC(=O)O)C(=O)N[C@@H](CCC(=O)O)C(=O)N[C@H](C(=O)N[C@@H](CS)C(=O)N[C@@H](CCC(=O)O)C(=O)N[C@@H](CCC(N)=O)C(=O)O)[C@@H](C)O. The van der Waals surface area contributed by atoms with Crippen molar-refractivity contribution in [2.75, 3.05) is 11.5 Å². The van der Waals surface area contributed by atoms with Gasteiger partial charge in [-0.05, 0) is 32.1 Å². The molecule has 34 nitrogen and oxygen atoms in total. The minimum atomic E-state index is -2.25. The van der Waals surface area contributed by atoms with E-state index in [9.17, 15) is 102 Å². The molecule has 0 aromatic rings. The number of carbonyl (C=O) groups is 16. The number of aliphatic hydroxyl groups excluding tert-OH is 1. The second kappa shape index (κ2) is 34.7. The van der Waals surface area contributed by atoms with E-state index in [-0.39, 0.29) is 5.75 Å². The molecule has 0 spiro atoms. The van der Waals surface area contributed by atoms with E-state index in [1.54, 1.807) is 0 Å². The molecule has 438 valence electrons. The fraction of sp³-hybridized carbons (Fsp3) is 0.619. The molecule has 0 bridgehead atoms. The highest BCUT2D eigenvalue weighted by atomic mass is 32.1. The molecular weight excluding hydrogens is 1090 g/mol. The Kier molecular flexibility index (Phi) is 31.2. The molecule has 0 fully saturated rings. The van der Waals surface area contributed by atoms with Gasteiger partial charge in [-0.15, -0.1) is 0 Å². The predicted molar refractivity (Wildman–Crippen MR) is 269 cm³/mol. The van der Waals surface area contributed by atoms with Gasteiger partial charge in [0.25, 0.3) is 0 Å². The maximum atomic E-state index is 13.7. The summed E-state index contributed by atoms with van der Waals surface area (Å²) in [6.45, 7) is 3.94. The van der Waals surface area contributed by atoms with Crippen molar-refractivity contribution in [2.45, 2.75) is 145 Å². The van der Waals surface area contributed by atoms with Crippen LogP contribution in [0.4, 0.5) is 0 Å². The van der Waals surface area contributed by atoms with Crippen LogP contribution in [0.3, 0.4) is 0 Å². The summed E-state index contributed by atoms with van der Waals surface area (Å²) in [7, 11) is 0. The number of carboxylic acid groups (broad SMARTS) is 4. The van der Waals surface area contributed by atoms with Gasteiger partial charge in [0.05, 0.1) is 31.4 Å². The first kappa shape index (κ1) is 70.1. The van der Waals surface area contributed by atoms with Crippen LogP contribution in [0.2, 0.25) is 0 Å². The van der Waals surface area contributed by atoms with Gasteiger partial charge in [-0.1, -0.05) is 13.8 Å². The summed E-state index contributed by atoms with van der Waals surface area (Å²) < 4.78 is 0. The van der Waals surface area contributed by atoms with E-state index in [4.69, 9.17) is 22.9 Å². The van der Waals surface area contributed by atoms with Crippen molar-refractivity contribution in [3.8, 4) is 0 Å². The number of aliphatic carboxylic acids is 4. The molecular formula is C42H67N13O21S2. The molecule has 0 aromatic carbocycles. The van der Waals surface area contributed by atoms with Gasteiger partial charge in [-0.2, -0.15) is 25.3 Å². The molecule has 0 radical (unpaired) electrons. The van der Waals surface area contributed by atoms with Crippen molar-refractivity contribution in [3.63, 3.8) is 0 Å². The van der Waals surface area contributed by atoms with E-state index in [0.717, 1.165) is 6.92 Å². The molecule has 12 amide bonds. The highest BCUT2D eigenvalue weighted by Gasteiger charge is 2.38. The Morgan fingerprint density at radius 3 is 1.08 bits per heavy atom. The molecule has 0 unspecified atom stereocenters. The maximum Gasteiger partial charge on any atom is 0.326 e. The van der Waals surface area contributed by atoms with Crippen LogP contribution in [0, 0.1) is 5.92 Å². The molecule has 11 atom stereocenters. The molecule has 78 heavy (non-hydrogen) atoms. The zero-order chi connectivity index (χ0) is 60.3. The fourth-order valence-electron chi connectivity index (χ4n) is 6.44. The summed E-state index contributed by atoms with van der Waals surface area (Å²) in [5.41, 5.74) is 21.3. The number of hydrogen-bond donors (Lipinski definition) is 20. The number of nitrogens with one attached hydrogen (secondary N) is 9. The van der Waals surface area contributed by atoms with Crippen molar-refractivity contribution in [1.82, 2.24) is 47.9 Å². The van der Waals surface area contributed by atoms with Gasteiger partial charge in [0, 0.05) is 30.8 Å². The second-order valence-electron chi connectivity index (χ2n) is 17.5. The van der Waals surface area contributed by atoms with E-state index >= 15 is 0 Å². The number of aliphatic hydroxyl groups is 1. The van der Waals surface area contributed by atoms with Gasteiger partial charge in [-0.25, -0.2) is 4.79 Å². The summed E-state index contributed by atoms with van der Waals surface area (Å²) in [4.78, 5) is 202. The number of primary amides is 3. The van der Waals surface area contributed by atoms with E-state index < -0.39 is 231 Å². The molecule has 0 aromatic heterocycles. The maximum absolute atomic E-state index is 13.7. The highest BCUT2D eigenvalue weighted by Crippen LogP contribution is 2.09. The number of hydrogen-bond acceptors (Lipinski definition) is 20. The molecule has 22 N–H and O–H groups in total. The first-order valence-corrected chi connectivity index (χ1v) is 24.5. The smallest absolute Gasteiger partial charge is 0.326 e. The molecule has 0 saturated carbocycles. The molecule has 36 heteroatoms. The lowest BCUT2D eigenvalue weighted by Crippen LogP contribution is -2.62. The van der Waals surface area contributed by atoms with Crippen molar-refractivity contribution >= 4 is 120 Å². The topological polar surface area (TPSA) is 587 Å².